The van der Waals surface area contributed by atoms with Crippen molar-refractivity contribution >= 4 is 26.0 Å². The largest absolute Gasteiger partial charge is 0.493 e. The fraction of sp³-hybridized carbons (Fsp3) is 0.250. The van der Waals surface area contributed by atoms with Gasteiger partial charge in [0.05, 0.1) is 23.6 Å². The van der Waals surface area contributed by atoms with E-state index in [9.17, 15) is 8.42 Å². The molecule has 0 radical (unpaired) electrons. The second-order valence-corrected chi connectivity index (χ2v) is 5.10. The normalized spacial score (nSPS) is 11.2. The number of methoxy groups -OCH3 is 2. The lowest BCUT2D eigenvalue weighted by molar-refractivity contribution is 0.352. The van der Waals surface area contributed by atoms with Crippen molar-refractivity contribution < 1.29 is 17.9 Å². The van der Waals surface area contributed by atoms with E-state index in [0.29, 0.717) is 16.0 Å². The van der Waals surface area contributed by atoms with Crippen LogP contribution in [0.15, 0.2) is 21.5 Å². The Kier molecular flexibility index (Phi) is 3.58. The number of ether oxygens (including phenoxy) is 2. The highest BCUT2D eigenvalue weighted by molar-refractivity contribution is 9.10. The molecule has 0 saturated heterocycles. The van der Waals surface area contributed by atoms with Gasteiger partial charge in [0.2, 0.25) is 10.0 Å². The van der Waals surface area contributed by atoms with E-state index >= 15 is 0 Å². The first kappa shape index (κ1) is 12.3. The van der Waals surface area contributed by atoms with Gasteiger partial charge in [-0.25, -0.2) is 13.6 Å². The average molecular weight is 296 g/mol. The third-order valence-corrected chi connectivity index (χ3v) is 3.22. The Morgan fingerprint density at radius 2 is 1.87 bits per heavy atom. The number of rotatable bonds is 3. The molecule has 0 unspecified atom stereocenters. The number of benzene rings is 1. The molecule has 2 N–H and O–H groups in total. The second-order valence-electron chi connectivity index (χ2n) is 2.69. The predicted octanol–water partition coefficient (Wildman–Crippen LogP) is 1.11. The molecular formula is C8H10BrNO4S. The van der Waals surface area contributed by atoms with Gasteiger partial charge in [-0.2, -0.15) is 0 Å². The van der Waals surface area contributed by atoms with Crippen LogP contribution in [0.1, 0.15) is 0 Å². The Morgan fingerprint density at radius 1 is 1.27 bits per heavy atom. The summed E-state index contributed by atoms with van der Waals surface area (Å²) in [6.45, 7) is 0. The summed E-state index contributed by atoms with van der Waals surface area (Å²) in [5.74, 6) is 0.723. The highest BCUT2D eigenvalue weighted by atomic mass is 79.9. The number of halogens is 1. The molecule has 7 heteroatoms. The summed E-state index contributed by atoms with van der Waals surface area (Å²) in [4.78, 5) is -0.0352. The lowest BCUT2D eigenvalue weighted by Crippen LogP contribution is -2.12. The van der Waals surface area contributed by atoms with Crippen LogP contribution in [0.2, 0.25) is 0 Å². The van der Waals surface area contributed by atoms with Gasteiger partial charge in [0.25, 0.3) is 0 Å². The third kappa shape index (κ3) is 2.61. The summed E-state index contributed by atoms with van der Waals surface area (Å²) in [7, 11) is -0.877. The molecule has 84 valence electrons. The Hall–Kier alpha value is -0.790. The van der Waals surface area contributed by atoms with Crippen molar-refractivity contribution in [2.45, 2.75) is 4.90 Å². The van der Waals surface area contributed by atoms with E-state index < -0.39 is 10.0 Å². The van der Waals surface area contributed by atoms with E-state index in [1.807, 2.05) is 0 Å². The molecule has 0 aliphatic heterocycles. The van der Waals surface area contributed by atoms with Crippen LogP contribution in [0, 0.1) is 0 Å². The zero-order valence-corrected chi connectivity index (χ0v) is 10.6. The van der Waals surface area contributed by atoms with Crippen LogP contribution in [0.5, 0.6) is 11.5 Å². The zero-order chi connectivity index (χ0) is 11.6. The van der Waals surface area contributed by atoms with Crippen LogP contribution in [0.3, 0.4) is 0 Å². The molecule has 0 atom stereocenters. The third-order valence-electron chi connectivity index (χ3n) is 1.74. The molecule has 15 heavy (non-hydrogen) atoms. The fourth-order valence-corrected chi connectivity index (χ4v) is 2.37. The lowest BCUT2D eigenvalue weighted by Gasteiger charge is -2.10. The molecule has 0 bridgehead atoms. The number of nitrogens with two attached hydrogens (primary N) is 1. The standard InChI is InChI=1S/C8H10BrNO4S/c1-13-7-4-5(15(10,11)12)3-6(9)8(7)14-2/h3-4H,1-2H3,(H2,10,11,12). The topological polar surface area (TPSA) is 78.6 Å². The van der Waals surface area contributed by atoms with Gasteiger partial charge in [-0.15, -0.1) is 0 Å². The van der Waals surface area contributed by atoms with Gasteiger partial charge < -0.3 is 9.47 Å². The molecule has 0 fully saturated rings. The summed E-state index contributed by atoms with van der Waals surface area (Å²) in [5, 5.41) is 5.00. The minimum absolute atomic E-state index is 0.0352. The molecule has 0 saturated carbocycles. The fourth-order valence-electron chi connectivity index (χ4n) is 1.06. The molecule has 0 heterocycles. The molecule has 0 aliphatic rings. The SMILES string of the molecule is COc1cc(S(N)(=O)=O)cc(Br)c1OC. The summed E-state index contributed by atoms with van der Waals surface area (Å²) in [6.07, 6.45) is 0. The quantitative estimate of drug-likeness (QED) is 0.906. The van der Waals surface area contributed by atoms with Crippen molar-refractivity contribution in [3.05, 3.63) is 16.6 Å². The van der Waals surface area contributed by atoms with Crippen LogP contribution < -0.4 is 14.6 Å². The molecular weight excluding hydrogens is 286 g/mol. The van der Waals surface area contributed by atoms with Gasteiger partial charge in [0, 0.05) is 6.07 Å². The first-order chi connectivity index (χ1) is 6.90. The van der Waals surface area contributed by atoms with Crippen molar-refractivity contribution in [2.24, 2.45) is 5.14 Å². The van der Waals surface area contributed by atoms with Crippen LogP contribution in [0.25, 0.3) is 0 Å². The monoisotopic (exact) mass is 295 g/mol. The van der Waals surface area contributed by atoms with E-state index in [2.05, 4.69) is 15.9 Å². The van der Waals surface area contributed by atoms with E-state index in [4.69, 9.17) is 14.6 Å². The lowest BCUT2D eigenvalue weighted by atomic mass is 10.3. The zero-order valence-electron chi connectivity index (χ0n) is 8.15. The molecule has 0 aromatic heterocycles. The Morgan fingerprint density at radius 3 is 2.27 bits per heavy atom. The number of primary sulfonamides is 1. The minimum atomic E-state index is -3.75. The van der Waals surface area contributed by atoms with Crippen LogP contribution in [-0.4, -0.2) is 22.6 Å². The molecule has 5 nitrogen and oxygen atoms in total. The Balaban J connectivity index is 3.45. The van der Waals surface area contributed by atoms with Gasteiger partial charge in [0.15, 0.2) is 11.5 Å². The van der Waals surface area contributed by atoms with Crippen LogP contribution in [0.4, 0.5) is 0 Å². The first-order valence-corrected chi connectivity index (χ1v) is 6.18. The highest BCUT2D eigenvalue weighted by Gasteiger charge is 2.16. The average Bonchev–Trinajstić information content (AvgIpc) is 2.15. The Bertz CT molecular complexity index is 472. The number of hydrogen-bond donors (Lipinski definition) is 1. The summed E-state index contributed by atoms with van der Waals surface area (Å²) >= 11 is 3.17. The smallest absolute Gasteiger partial charge is 0.238 e. The first-order valence-electron chi connectivity index (χ1n) is 3.84. The van der Waals surface area contributed by atoms with Gasteiger partial charge >= 0.3 is 0 Å². The number of hydrogen-bond acceptors (Lipinski definition) is 4. The molecule has 1 rings (SSSR count). The van der Waals surface area contributed by atoms with Gasteiger partial charge in [-0.1, -0.05) is 0 Å². The molecule has 1 aromatic rings. The van der Waals surface area contributed by atoms with Gasteiger partial charge in [0.1, 0.15) is 0 Å². The van der Waals surface area contributed by atoms with Crippen molar-refractivity contribution in [3.8, 4) is 11.5 Å². The van der Waals surface area contributed by atoms with E-state index in [-0.39, 0.29) is 4.90 Å². The number of sulfonamides is 1. The molecule has 0 aliphatic carbocycles. The second kappa shape index (κ2) is 4.38. The van der Waals surface area contributed by atoms with Crippen molar-refractivity contribution in [1.82, 2.24) is 0 Å². The van der Waals surface area contributed by atoms with Crippen molar-refractivity contribution in [3.63, 3.8) is 0 Å². The summed E-state index contributed by atoms with van der Waals surface area (Å²) in [6, 6.07) is 2.66. The molecule has 1 aromatic carbocycles. The van der Waals surface area contributed by atoms with Crippen molar-refractivity contribution in [1.29, 1.82) is 0 Å². The van der Waals surface area contributed by atoms with Crippen LogP contribution >= 0.6 is 15.9 Å². The molecule has 0 spiro atoms. The van der Waals surface area contributed by atoms with E-state index in [0.717, 1.165) is 0 Å². The Labute approximate surface area is 96.4 Å². The van der Waals surface area contributed by atoms with Crippen molar-refractivity contribution in [2.75, 3.05) is 14.2 Å². The summed E-state index contributed by atoms with van der Waals surface area (Å²) in [5.41, 5.74) is 0. The maximum Gasteiger partial charge on any atom is 0.238 e. The predicted molar refractivity (Wildman–Crippen MR) is 58.6 cm³/mol. The van der Waals surface area contributed by atoms with Gasteiger partial charge in [-0.05, 0) is 22.0 Å². The van der Waals surface area contributed by atoms with Crippen LogP contribution in [-0.2, 0) is 10.0 Å². The maximum atomic E-state index is 11.1. The van der Waals surface area contributed by atoms with Gasteiger partial charge in [-0.3, -0.25) is 0 Å². The maximum absolute atomic E-state index is 11.1. The summed E-state index contributed by atoms with van der Waals surface area (Å²) < 4.78 is 32.7. The minimum Gasteiger partial charge on any atom is -0.493 e. The molecule has 0 amide bonds. The van der Waals surface area contributed by atoms with E-state index in [1.54, 1.807) is 0 Å². The highest BCUT2D eigenvalue weighted by Crippen LogP contribution is 2.37. The van der Waals surface area contributed by atoms with E-state index in [1.165, 1.54) is 26.4 Å².